The zero-order valence-corrected chi connectivity index (χ0v) is 10.4. The molecule has 0 atom stereocenters. The van der Waals surface area contributed by atoms with Crippen LogP contribution in [0.3, 0.4) is 0 Å². The van der Waals surface area contributed by atoms with E-state index in [1.54, 1.807) is 6.20 Å². The van der Waals surface area contributed by atoms with Crippen molar-refractivity contribution >= 4 is 29.2 Å². The lowest BCUT2D eigenvalue weighted by molar-refractivity contribution is 0.554. The topological polar surface area (TPSA) is 37.8 Å². The van der Waals surface area contributed by atoms with Gasteiger partial charge in [-0.25, -0.2) is 9.97 Å². The standard InChI is InChI=1S/C10H15Cl2N3/c1-3-10(6-11,7-12)15-9-13-5-4-8(2)14-9/h4-5H,3,6-7H2,1-2H3,(H,13,14,15). The molecule has 1 N–H and O–H groups in total. The SMILES string of the molecule is CCC(CCl)(CCl)Nc1nccc(C)n1. The van der Waals surface area contributed by atoms with Gasteiger partial charge in [0.2, 0.25) is 5.95 Å². The first-order valence-electron chi connectivity index (χ1n) is 4.85. The molecule has 0 amide bonds. The van der Waals surface area contributed by atoms with Gasteiger partial charge < -0.3 is 5.32 Å². The first kappa shape index (κ1) is 12.5. The highest BCUT2D eigenvalue weighted by Gasteiger charge is 2.26. The third-order valence-electron chi connectivity index (χ3n) is 2.36. The van der Waals surface area contributed by atoms with Crippen LogP contribution in [0.25, 0.3) is 0 Å². The molecule has 0 aliphatic carbocycles. The van der Waals surface area contributed by atoms with Crippen LogP contribution < -0.4 is 5.32 Å². The average molecular weight is 248 g/mol. The minimum atomic E-state index is -0.323. The molecule has 1 rings (SSSR count). The molecular weight excluding hydrogens is 233 g/mol. The Morgan fingerprint density at radius 2 is 2.07 bits per heavy atom. The molecule has 3 nitrogen and oxygen atoms in total. The van der Waals surface area contributed by atoms with E-state index < -0.39 is 0 Å². The quantitative estimate of drug-likeness (QED) is 0.814. The molecule has 0 aliphatic heterocycles. The highest BCUT2D eigenvalue weighted by Crippen LogP contribution is 2.19. The summed E-state index contributed by atoms with van der Waals surface area (Å²) in [6.07, 6.45) is 2.55. The molecule has 15 heavy (non-hydrogen) atoms. The van der Waals surface area contributed by atoms with Gasteiger partial charge in [-0.2, -0.15) is 0 Å². The predicted octanol–water partition coefficient (Wildman–Crippen LogP) is 2.82. The Morgan fingerprint density at radius 1 is 1.40 bits per heavy atom. The third kappa shape index (κ3) is 3.21. The summed E-state index contributed by atoms with van der Waals surface area (Å²) in [6, 6.07) is 1.85. The molecule has 0 unspecified atom stereocenters. The molecule has 0 saturated carbocycles. The second-order valence-electron chi connectivity index (χ2n) is 3.55. The van der Waals surface area contributed by atoms with Gasteiger partial charge in [-0.15, -0.1) is 23.2 Å². The summed E-state index contributed by atoms with van der Waals surface area (Å²) in [5.74, 6) is 1.45. The maximum Gasteiger partial charge on any atom is 0.223 e. The van der Waals surface area contributed by atoms with Gasteiger partial charge in [0.1, 0.15) is 0 Å². The van der Waals surface area contributed by atoms with Gasteiger partial charge in [-0.1, -0.05) is 6.92 Å². The molecule has 5 heteroatoms. The number of halogens is 2. The van der Waals surface area contributed by atoms with Crippen molar-refractivity contribution < 1.29 is 0 Å². The third-order valence-corrected chi connectivity index (χ3v) is 3.38. The number of aryl methyl sites for hydroxylation is 1. The van der Waals surface area contributed by atoms with Crippen molar-refractivity contribution in [3.8, 4) is 0 Å². The van der Waals surface area contributed by atoms with E-state index in [1.165, 1.54) is 0 Å². The number of hydrogen-bond donors (Lipinski definition) is 1. The number of anilines is 1. The minimum absolute atomic E-state index is 0.323. The Balaban J connectivity index is 2.82. The summed E-state index contributed by atoms with van der Waals surface area (Å²) in [5.41, 5.74) is 0.596. The van der Waals surface area contributed by atoms with Crippen LogP contribution in [0.1, 0.15) is 19.0 Å². The smallest absolute Gasteiger partial charge is 0.223 e. The highest BCUT2D eigenvalue weighted by molar-refractivity contribution is 6.22. The summed E-state index contributed by atoms with van der Waals surface area (Å²) in [6.45, 7) is 3.95. The number of alkyl halides is 2. The number of aromatic nitrogens is 2. The van der Waals surface area contributed by atoms with E-state index in [2.05, 4.69) is 15.3 Å². The Kier molecular flexibility index (Phi) is 4.61. The van der Waals surface area contributed by atoms with E-state index in [-0.39, 0.29) is 5.54 Å². The second kappa shape index (κ2) is 5.52. The van der Waals surface area contributed by atoms with Crippen molar-refractivity contribution in [1.29, 1.82) is 0 Å². The molecule has 0 spiro atoms. The zero-order valence-electron chi connectivity index (χ0n) is 8.93. The van der Waals surface area contributed by atoms with Crippen LogP contribution in [0.5, 0.6) is 0 Å². The summed E-state index contributed by atoms with van der Waals surface area (Å²) < 4.78 is 0. The number of nitrogens with zero attached hydrogens (tertiary/aromatic N) is 2. The molecule has 1 heterocycles. The number of hydrogen-bond acceptors (Lipinski definition) is 3. The molecule has 0 aromatic carbocycles. The lowest BCUT2D eigenvalue weighted by Crippen LogP contribution is -2.42. The van der Waals surface area contributed by atoms with Crippen molar-refractivity contribution in [2.75, 3.05) is 17.1 Å². The molecule has 1 aromatic rings. The Labute approximate surface area is 100 Å². The lowest BCUT2D eigenvalue weighted by Gasteiger charge is -2.29. The van der Waals surface area contributed by atoms with Crippen LogP contribution in [0.15, 0.2) is 12.3 Å². The van der Waals surface area contributed by atoms with Gasteiger partial charge in [-0.3, -0.25) is 0 Å². The van der Waals surface area contributed by atoms with Crippen LogP contribution in [0.4, 0.5) is 5.95 Å². The fourth-order valence-corrected chi connectivity index (χ4v) is 1.92. The maximum absolute atomic E-state index is 5.91. The normalized spacial score (nSPS) is 11.5. The molecule has 84 valence electrons. The fourth-order valence-electron chi connectivity index (χ4n) is 1.13. The minimum Gasteiger partial charge on any atom is -0.346 e. The molecule has 0 bridgehead atoms. The summed E-state index contributed by atoms with van der Waals surface area (Å²) in [7, 11) is 0. The van der Waals surface area contributed by atoms with Crippen molar-refractivity contribution in [2.45, 2.75) is 25.8 Å². The van der Waals surface area contributed by atoms with Gasteiger partial charge >= 0.3 is 0 Å². The second-order valence-corrected chi connectivity index (χ2v) is 4.08. The highest BCUT2D eigenvalue weighted by atomic mass is 35.5. The predicted molar refractivity (Wildman–Crippen MR) is 64.9 cm³/mol. The number of nitrogens with one attached hydrogen (secondary N) is 1. The van der Waals surface area contributed by atoms with Gasteiger partial charge in [-0.05, 0) is 19.4 Å². The van der Waals surface area contributed by atoms with Gasteiger partial charge in [0.05, 0.1) is 5.54 Å². The monoisotopic (exact) mass is 247 g/mol. The maximum atomic E-state index is 5.91. The molecule has 0 radical (unpaired) electrons. The lowest BCUT2D eigenvalue weighted by atomic mass is 10.0. The van der Waals surface area contributed by atoms with Crippen LogP contribution in [0.2, 0.25) is 0 Å². The Morgan fingerprint density at radius 3 is 2.53 bits per heavy atom. The summed E-state index contributed by atoms with van der Waals surface area (Å²) >= 11 is 11.8. The summed E-state index contributed by atoms with van der Waals surface area (Å²) in [4.78, 5) is 8.39. The molecular formula is C10H15Cl2N3. The van der Waals surface area contributed by atoms with E-state index in [4.69, 9.17) is 23.2 Å². The fraction of sp³-hybridized carbons (Fsp3) is 0.600. The first-order valence-corrected chi connectivity index (χ1v) is 5.92. The van der Waals surface area contributed by atoms with E-state index in [0.717, 1.165) is 12.1 Å². The molecule has 1 aromatic heterocycles. The van der Waals surface area contributed by atoms with E-state index in [0.29, 0.717) is 17.7 Å². The zero-order chi connectivity index (χ0) is 11.3. The van der Waals surface area contributed by atoms with E-state index in [1.807, 2.05) is 19.9 Å². The van der Waals surface area contributed by atoms with Crippen molar-refractivity contribution in [1.82, 2.24) is 9.97 Å². The van der Waals surface area contributed by atoms with Crippen molar-refractivity contribution in [2.24, 2.45) is 0 Å². The van der Waals surface area contributed by atoms with E-state index in [9.17, 15) is 0 Å². The van der Waals surface area contributed by atoms with Gasteiger partial charge in [0.15, 0.2) is 0 Å². The van der Waals surface area contributed by atoms with Crippen molar-refractivity contribution in [3.05, 3.63) is 18.0 Å². The van der Waals surface area contributed by atoms with Crippen LogP contribution in [0, 0.1) is 6.92 Å². The summed E-state index contributed by atoms with van der Waals surface area (Å²) in [5, 5.41) is 3.20. The Bertz CT molecular complexity index is 305. The van der Waals surface area contributed by atoms with Crippen molar-refractivity contribution in [3.63, 3.8) is 0 Å². The van der Waals surface area contributed by atoms with Gasteiger partial charge in [0, 0.05) is 23.7 Å². The van der Waals surface area contributed by atoms with Crippen LogP contribution in [-0.2, 0) is 0 Å². The number of rotatable bonds is 5. The molecule has 0 fully saturated rings. The first-order chi connectivity index (χ1) is 7.15. The average Bonchev–Trinajstić information content (AvgIpc) is 2.26. The van der Waals surface area contributed by atoms with Gasteiger partial charge in [0.25, 0.3) is 0 Å². The molecule has 0 saturated heterocycles. The Hall–Kier alpha value is -0.540. The van der Waals surface area contributed by atoms with E-state index >= 15 is 0 Å². The van der Waals surface area contributed by atoms with Crippen LogP contribution in [-0.4, -0.2) is 27.3 Å². The molecule has 0 aliphatic rings. The largest absolute Gasteiger partial charge is 0.346 e. The van der Waals surface area contributed by atoms with Crippen LogP contribution >= 0.6 is 23.2 Å².